The lowest BCUT2D eigenvalue weighted by atomic mass is 10.2. The molecule has 0 saturated heterocycles. The van der Waals surface area contributed by atoms with E-state index in [-0.39, 0.29) is 21.8 Å². The van der Waals surface area contributed by atoms with E-state index in [2.05, 4.69) is 0 Å². The maximum absolute atomic E-state index is 12.9. The molecular weight excluding hydrogens is 332 g/mol. The largest absolute Gasteiger partial charge is 0.489 e. The third kappa shape index (κ3) is 2.41. The topological polar surface area (TPSA) is 91.4 Å². The van der Waals surface area contributed by atoms with Crippen LogP contribution < -0.4 is 4.74 Å². The van der Waals surface area contributed by atoms with Gasteiger partial charge in [0.1, 0.15) is 5.52 Å². The summed E-state index contributed by atoms with van der Waals surface area (Å²) in [4.78, 5) is 10.7. The fourth-order valence-corrected chi connectivity index (χ4v) is 3.89. The second-order valence-corrected chi connectivity index (χ2v) is 7.06. The van der Waals surface area contributed by atoms with Gasteiger partial charge in [0.05, 0.1) is 16.9 Å². The summed E-state index contributed by atoms with van der Waals surface area (Å²) in [6.45, 7) is 1.86. The van der Waals surface area contributed by atoms with Gasteiger partial charge in [0.2, 0.25) is 5.75 Å². The van der Waals surface area contributed by atoms with Crippen molar-refractivity contribution < 1.29 is 18.1 Å². The van der Waals surface area contributed by atoms with E-state index in [1.54, 1.807) is 18.2 Å². The summed E-state index contributed by atoms with van der Waals surface area (Å²) in [7, 11) is -2.62. The van der Waals surface area contributed by atoms with Gasteiger partial charge in [-0.25, -0.2) is 12.4 Å². The minimum Gasteiger partial charge on any atom is -0.489 e. The molecule has 7 nitrogen and oxygen atoms in total. The first-order valence-electron chi connectivity index (χ1n) is 7.01. The van der Waals surface area contributed by atoms with E-state index in [1.807, 2.05) is 6.92 Å². The first-order valence-corrected chi connectivity index (χ1v) is 8.45. The summed E-state index contributed by atoms with van der Waals surface area (Å²) in [5.41, 5.74) is 0.788. The van der Waals surface area contributed by atoms with E-state index in [0.717, 1.165) is 9.54 Å². The zero-order chi connectivity index (χ0) is 17.5. The molecule has 0 fully saturated rings. The molecule has 0 aliphatic rings. The molecule has 0 bridgehead atoms. The van der Waals surface area contributed by atoms with Crippen molar-refractivity contribution in [2.45, 2.75) is 11.8 Å². The van der Waals surface area contributed by atoms with E-state index in [1.165, 1.54) is 37.6 Å². The molecular formula is C16H14N2O5S. The molecule has 0 N–H and O–H groups in total. The molecule has 0 spiro atoms. The number of nitrogens with zero attached hydrogens (tertiary/aromatic N) is 2. The van der Waals surface area contributed by atoms with Crippen LogP contribution in [0.1, 0.15) is 5.56 Å². The number of nitro benzene ring substituents is 1. The average molecular weight is 346 g/mol. The number of benzene rings is 2. The summed E-state index contributed by atoms with van der Waals surface area (Å²) in [5, 5.41) is 11.7. The maximum Gasteiger partial charge on any atom is 0.313 e. The highest BCUT2D eigenvalue weighted by Crippen LogP contribution is 2.37. The van der Waals surface area contributed by atoms with Gasteiger partial charge in [-0.05, 0) is 31.2 Å². The summed E-state index contributed by atoms with van der Waals surface area (Å²) in [5.74, 6) is -0.0850. The van der Waals surface area contributed by atoms with Gasteiger partial charge in [0, 0.05) is 17.6 Å². The SMILES string of the molecule is COc1c([N+](=O)[O-])ccc2ccn(S(=O)(=O)c3ccc(C)cc3)c12. The molecule has 0 atom stereocenters. The molecule has 0 aliphatic carbocycles. The van der Waals surface area contributed by atoms with E-state index in [4.69, 9.17) is 4.74 Å². The van der Waals surface area contributed by atoms with Gasteiger partial charge in [-0.1, -0.05) is 17.7 Å². The lowest BCUT2D eigenvalue weighted by Gasteiger charge is -2.10. The van der Waals surface area contributed by atoms with Crippen LogP contribution >= 0.6 is 0 Å². The number of nitro groups is 1. The molecule has 124 valence electrons. The van der Waals surface area contributed by atoms with Crippen molar-refractivity contribution in [3.63, 3.8) is 0 Å². The normalized spacial score (nSPS) is 11.6. The molecule has 1 heterocycles. The standard InChI is InChI=1S/C16H14N2O5S/c1-11-3-6-13(7-4-11)24(21,22)17-10-9-12-5-8-14(18(19)20)16(23-2)15(12)17/h3-10H,1-2H3. The Morgan fingerprint density at radius 1 is 1.08 bits per heavy atom. The molecule has 1 aromatic heterocycles. The molecule has 0 amide bonds. The monoisotopic (exact) mass is 346 g/mol. The van der Waals surface area contributed by atoms with Crippen molar-refractivity contribution in [3.05, 3.63) is 64.3 Å². The van der Waals surface area contributed by atoms with Crippen molar-refractivity contribution in [3.8, 4) is 5.75 Å². The van der Waals surface area contributed by atoms with Crippen LogP contribution in [0.15, 0.2) is 53.6 Å². The van der Waals surface area contributed by atoms with Crippen LogP contribution in [0.25, 0.3) is 10.9 Å². The van der Waals surface area contributed by atoms with Gasteiger partial charge >= 0.3 is 5.69 Å². The van der Waals surface area contributed by atoms with E-state index >= 15 is 0 Å². The highest BCUT2D eigenvalue weighted by atomic mass is 32.2. The van der Waals surface area contributed by atoms with Crippen LogP contribution in [-0.2, 0) is 10.0 Å². The van der Waals surface area contributed by atoms with Crippen molar-refractivity contribution in [2.75, 3.05) is 7.11 Å². The van der Waals surface area contributed by atoms with Gasteiger partial charge in [0.15, 0.2) is 0 Å². The van der Waals surface area contributed by atoms with Crippen LogP contribution in [0.2, 0.25) is 0 Å². The fraction of sp³-hybridized carbons (Fsp3) is 0.125. The van der Waals surface area contributed by atoms with Crippen molar-refractivity contribution >= 4 is 26.6 Å². The molecule has 0 radical (unpaired) electrons. The summed E-state index contributed by atoms with van der Waals surface area (Å²) < 4.78 is 32.0. The Morgan fingerprint density at radius 2 is 1.75 bits per heavy atom. The summed E-state index contributed by atoms with van der Waals surface area (Å²) >= 11 is 0. The van der Waals surface area contributed by atoms with Crippen molar-refractivity contribution in [1.82, 2.24) is 3.97 Å². The van der Waals surface area contributed by atoms with E-state index < -0.39 is 14.9 Å². The average Bonchev–Trinajstić information content (AvgIpc) is 2.99. The van der Waals surface area contributed by atoms with Crippen LogP contribution in [0, 0.1) is 17.0 Å². The predicted octanol–water partition coefficient (Wildman–Crippen LogP) is 3.10. The quantitative estimate of drug-likeness (QED) is 0.535. The highest BCUT2D eigenvalue weighted by Gasteiger charge is 2.25. The molecule has 24 heavy (non-hydrogen) atoms. The van der Waals surface area contributed by atoms with Gasteiger partial charge in [0.25, 0.3) is 10.0 Å². The maximum atomic E-state index is 12.9. The van der Waals surface area contributed by atoms with Gasteiger partial charge in [-0.3, -0.25) is 10.1 Å². The van der Waals surface area contributed by atoms with Crippen LogP contribution in [0.5, 0.6) is 5.75 Å². The number of methoxy groups -OCH3 is 1. The van der Waals surface area contributed by atoms with Gasteiger partial charge < -0.3 is 4.74 Å². The predicted molar refractivity (Wildman–Crippen MR) is 88.9 cm³/mol. The summed E-state index contributed by atoms with van der Waals surface area (Å²) in [6, 6.07) is 10.8. The Kier molecular flexibility index (Phi) is 3.76. The molecule has 8 heteroatoms. The Balaban J connectivity index is 2.32. The van der Waals surface area contributed by atoms with Gasteiger partial charge in [-0.15, -0.1) is 0 Å². The summed E-state index contributed by atoms with van der Waals surface area (Å²) in [6.07, 6.45) is 1.37. The van der Waals surface area contributed by atoms with Crippen molar-refractivity contribution in [2.24, 2.45) is 0 Å². The minimum atomic E-state index is -3.90. The van der Waals surface area contributed by atoms with Crippen LogP contribution in [-0.4, -0.2) is 24.4 Å². The van der Waals surface area contributed by atoms with E-state index in [9.17, 15) is 18.5 Å². The zero-order valence-electron chi connectivity index (χ0n) is 13.0. The highest BCUT2D eigenvalue weighted by molar-refractivity contribution is 7.90. The van der Waals surface area contributed by atoms with Crippen molar-refractivity contribution in [1.29, 1.82) is 0 Å². The molecule has 3 rings (SSSR count). The first kappa shape index (κ1) is 16.0. The fourth-order valence-electron chi connectivity index (χ4n) is 2.53. The smallest absolute Gasteiger partial charge is 0.313 e. The number of ether oxygens (including phenoxy) is 1. The van der Waals surface area contributed by atoms with E-state index in [0.29, 0.717) is 5.39 Å². The molecule has 0 saturated carbocycles. The number of aromatic nitrogens is 1. The Morgan fingerprint density at radius 3 is 2.33 bits per heavy atom. The number of aryl methyl sites for hydroxylation is 1. The molecule has 3 aromatic rings. The number of hydrogen-bond donors (Lipinski definition) is 0. The Bertz CT molecular complexity index is 1040. The minimum absolute atomic E-state index is 0.0850. The lowest BCUT2D eigenvalue weighted by Crippen LogP contribution is -2.12. The van der Waals surface area contributed by atoms with Crippen LogP contribution in [0.3, 0.4) is 0 Å². The Hall–Kier alpha value is -2.87. The molecule has 0 aliphatic heterocycles. The number of hydrogen-bond acceptors (Lipinski definition) is 5. The van der Waals surface area contributed by atoms with Crippen LogP contribution in [0.4, 0.5) is 5.69 Å². The third-order valence-electron chi connectivity index (χ3n) is 3.73. The second kappa shape index (κ2) is 5.64. The molecule has 2 aromatic carbocycles. The lowest BCUT2D eigenvalue weighted by molar-refractivity contribution is -0.385. The molecule has 0 unspecified atom stereocenters. The Labute approximate surface area is 138 Å². The number of fused-ring (bicyclic) bond motifs is 1. The second-order valence-electron chi connectivity index (χ2n) is 5.24. The zero-order valence-corrected chi connectivity index (χ0v) is 13.8. The number of rotatable bonds is 4. The third-order valence-corrected chi connectivity index (χ3v) is 5.42. The first-order chi connectivity index (χ1) is 11.4. The van der Waals surface area contributed by atoms with Gasteiger partial charge in [-0.2, -0.15) is 0 Å².